The minimum atomic E-state index is -1.42. The van der Waals surface area contributed by atoms with Gasteiger partial charge in [0.25, 0.3) is 0 Å². The van der Waals surface area contributed by atoms with Gasteiger partial charge in [0.05, 0.1) is 11.1 Å². The molecule has 0 spiro atoms. The average Bonchev–Trinajstić information content (AvgIpc) is 2.36. The minimum Gasteiger partial charge on any atom is -0.479 e. The monoisotopic (exact) mass is 292 g/mol. The number of hydrogen-bond acceptors (Lipinski definition) is 8. The summed E-state index contributed by atoms with van der Waals surface area (Å²) in [5.41, 5.74) is -0.660. The summed E-state index contributed by atoms with van der Waals surface area (Å²) in [4.78, 5) is 32.0. The first kappa shape index (κ1) is 14.0. The van der Waals surface area contributed by atoms with Crippen molar-refractivity contribution >= 4 is 23.6 Å². The molecule has 0 aliphatic heterocycles. The van der Waals surface area contributed by atoms with Crippen molar-refractivity contribution in [2.75, 3.05) is 5.32 Å². The molecule has 2 rings (SSSR count). The number of aromatic carboxylic acids is 2. The van der Waals surface area contributed by atoms with E-state index < -0.39 is 29.5 Å². The van der Waals surface area contributed by atoms with E-state index >= 15 is 0 Å². The van der Waals surface area contributed by atoms with E-state index in [1.165, 1.54) is 6.07 Å². The molecule has 0 saturated heterocycles. The zero-order chi connectivity index (χ0) is 15.6. The van der Waals surface area contributed by atoms with Crippen LogP contribution in [0.25, 0.3) is 0 Å². The van der Waals surface area contributed by atoms with Gasteiger partial charge in [-0.3, -0.25) is 0 Å². The molecular formula is C11H8N4O6. The first-order chi connectivity index (χ1) is 9.86. The van der Waals surface area contributed by atoms with Gasteiger partial charge in [-0.25, -0.2) is 9.59 Å². The maximum Gasteiger partial charge on any atom is 0.336 e. The molecule has 0 fully saturated rings. The predicted octanol–water partition coefficient (Wildman–Crippen LogP) is 0.423. The Bertz CT molecular complexity index is 712. The molecule has 108 valence electrons. The predicted molar refractivity (Wildman–Crippen MR) is 66.8 cm³/mol. The molecule has 0 aliphatic carbocycles. The summed E-state index contributed by atoms with van der Waals surface area (Å²) in [6, 6.07) is 1.98. The number of carboxylic acids is 2. The lowest BCUT2D eigenvalue weighted by molar-refractivity contribution is 0.0651. The molecule has 5 N–H and O–H groups in total. The second-order valence-corrected chi connectivity index (χ2v) is 3.75. The molecule has 1 heterocycles. The van der Waals surface area contributed by atoms with Crippen molar-refractivity contribution in [3.63, 3.8) is 0 Å². The van der Waals surface area contributed by atoms with Gasteiger partial charge >= 0.3 is 24.0 Å². The highest BCUT2D eigenvalue weighted by molar-refractivity contribution is 6.02. The Labute approximate surface area is 116 Å². The Kier molecular flexibility index (Phi) is 3.52. The molecule has 0 aliphatic rings. The number of carbonyl (C=O) groups is 2. The molecule has 0 amide bonds. The molecule has 0 saturated carbocycles. The molecule has 1 aromatic carbocycles. The van der Waals surface area contributed by atoms with Gasteiger partial charge in [0.15, 0.2) is 0 Å². The maximum absolute atomic E-state index is 11.0. The highest BCUT2D eigenvalue weighted by atomic mass is 16.4. The molecule has 10 heteroatoms. The van der Waals surface area contributed by atoms with Crippen molar-refractivity contribution in [3.05, 3.63) is 29.3 Å². The molecule has 0 bridgehead atoms. The Morgan fingerprint density at radius 2 is 1.48 bits per heavy atom. The van der Waals surface area contributed by atoms with Crippen LogP contribution < -0.4 is 5.32 Å². The summed E-state index contributed by atoms with van der Waals surface area (Å²) in [5, 5.41) is 38.6. The van der Waals surface area contributed by atoms with Crippen molar-refractivity contribution in [1.29, 1.82) is 0 Å². The maximum atomic E-state index is 11.0. The van der Waals surface area contributed by atoms with Crippen LogP contribution in [0.1, 0.15) is 20.7 Å². The van der Waals surface area contributed by atoms with Crippen LogP contribution in [0.5, 0.6) is 12.0 Å². The summed E-state index contributed by atoms with van der Waals surface area (Å²) >= 11 is 0. The summed E-state index contributed by atoms with van der Waals surface area (Å²) in [7, 11) is 0. The molecular weight excluding hydrogens is 284 g/mol. The molecule has 0 radical (unpaired) electrons. The van der Waals surface area contributed by atoms with E-state index in [0.29, 0.717) is 0 Å². The lowest BCUT2D eigenvalue weighted by atomic mass is 10.1. The minimum absolute atomic E-state index is 0.155. The van der Waals surface area contributed by atoms with Gasteiger partial charge < -0.3 is 25.7 Å². The molecule has 2 aromatic rings. The Hall–Kier alpha value is -3.43. The Morgan fingerprint density at radius 3 is 2.00 bits per heavy atom. The highest BCUT2D eigenvalue weighted by Gasteiger charge is 2.16. The molecule has 0 atom stereocenters. The Balaban J connectivity index is 2.39. The normalized spacial score (nSPS) is 10.1. The smallest absolute Gasteiger partial charge is 0.336 e. The molecule has 21 heavy (non-hydrogen) atoms. The van der Waals surface area contributed by atoms with Crippen LogP contribution in [0.15, 0.2) is 18.2 Å². The van der Waals surface area contributed by atoms with Gasteiger partial charge in [0.1, 0.15) is 0 Å². The number of hydrogen-bond donors (Lipinski definition) is 5. The zero-order valence-electron chi connectivity index (χ0n) is 10.2. The summed E-state index contributed by atoms with van der Waals surface area (Å²) in [6.45, 7) is 0. The van der Waals surface area contributed by atoms with Crippen LogP contribution in [-0.2, 0) is 0 Å². The van der Waals surface area contributed by atoms with E-state index in [4.69, 9.17) is 20.4 Å². The van der Waals surface area contributed by atoms with Gasteiger partial charge in [0.2, 0.25) is 5.95 Å². The van der Waals surface area contributed by atoms with Gasteiger partial charge in [-0.05, 0) is 18.2 Å². The number of aromatic hydroxyl groups is 2. The quantitative estimate of drug-likeness (QED) is 0.533. The second kappa shape index (κ2) is 5.28. The fourth-order valence-corrected chi connectivity index (χ4v) is 1.52. The van der Waals surface area contributed by atoms with Crippen LogP contribution in [0.2, 0.25) is 0 Å². The fourth-order valence-electron chi connectivity index (χ4n) is 1.52. The SMILES string of the molecule is O=C(O)c1ccc(Nc2nc(O)nc(O)n2)cc1C(=O)O. The van der Waals surface area contributed by atoms with E-state index in [2.05, 4.69) is 20.3 Å². The van der Waals surface area contributed by atoms with E-state index in [-0.39, 0.29) is 17.2 Å². The van der Waals surface area contributed by atoms with E-state index in [1.807, 2.05) is 0 Å². The fraction of sp³-hybridized carbons (Fsp3) is 0. The van der Waals surface area contributed by atoms with E-state index in [9.17, 15) is 9.59 Å². The van der Waals surface area contributed by atoms with Gasteiger partial charge in [-0.2, -0.15) is 9.97 Å². The largest absolute Gasteiger partial charge is 0.479 e. The molecule has 10 nitrogen and oxygen atoms in total. The van der Waals surface area contributed by atoms with Crippen LogP contribution in [-0.4, -0.2) is 47.3 Å². The van der Waals surface area contributed by atoms with Gasteiger partial charge in [0, 0.05) is 5.69 Å². The summed E-state index contributed by atoms with van der Waals surface area (Å²) < 4.78 is 0. The van der Waals surface area contributed by atoms with Crippen LogP contribution in [0.4, 0.5) is 11.6 Å². The second-order valence-electron chi connectivity index (χ2n) is 3.75. The number of carboxylic acid groups (broad SMARTS) is 2. The number of anilines is 2. The zero-order valence-corrected chi connectivity index (χ0v) is 10.2. The van der Waals surface area contributed by atoms with E-state index in [0.717, 1.165) is 12.1 Å². The lowest BCUT2D eigenvalue weighted by Crippen LogP contribution is -2.09. The third-order valence-electron chi connectivity index (χ3n) is 2.35. The first-order valence-electron chi connectivity index (χ1n) is 5.38. The topological polar surface area (TPSA) is 166 Å². The third kappa shape index (κ3) is 3.12. The van der Waals surface area contributed by atoms with Crippen molar-refractivity contribution in [3.8, 4) is 12.0 Å². The van der Waals surface area contributed by atoms with Crippen molar-refractivity contribution in [1.82, 2.24) is 15.0 Å². The molecule has 0 unspecified atom stereocenters. The number of benzene rings is 1. The summed E-state index contributed by atoms with van der Waals surface area (Å²) in [5.74, 6) is -3.04. The molecule has 1 aromatic heterocycles. The van der Waals surface area contributed by atoms with E-state index in [1.54, 1.807) is 0 Å². The first-order valence-corrected chi connectivity index (χ1v) is 5.38. The number of nitrogens with zero attached hydrogens (tertiary/aromatic N) is 3. The van der Waals surface area contributed by atoms with Gasteiger partial charge in [-0.1, -0.05) is 0 Å². The van der Waals surface area contributed by atoms with Crippen molar-refractivity contribution < 1.29 is 30.0 Å². The standard InChI is InChI=1S/C11H8N4O6/c16-7(17)5-2-1-4(3-6(5)8(18)19)12-9-13-10(20)15-11(21)14-9/h1-3H,(H,16,17)(H,18,19)(H3,12,13,14,15,20,21). The Morgan fingerprint density at radius 1 is 0.905 bits per heavy atom. The van der Waals surface area contributed by atoms with Crippen LogP contribution >= 0.6 is 0 Å². The lowest BCUT2D eigenvalue weighted by Gasteiger charge is -2.07. The highest BCUT2D eigenvalue weighted by Crippen LogP contribution is 2.20. The number of rotatable bonds is 4. The van der Waals surface area contributed by atoms with Gasteiger partial charge in [-0.15, -0.1) is 4.98 Å². The average molecular weight is 292 g/mol. The van der Waals surface area contributed by atoms with Crippen molar-refractivity contribution in [2.45, 2.75) is 0 Å². The number of nitrogens with one attached hydrogen (secondary N) is 1. The van der Waals surface area contributed by atoms with Crippen LogP contribution in [0, 0.1) is 0 Å². The third-order valence-corrected chi connectivity index (χ3v) is 2.35. The summed E-state index contributed by atoms with van der Waals surface area (Å²) in [6.07, 6.45) is 0. The number of aromatic nitrogens is 3. The van der Waals surface area contributed by atoms with Crippen molar-refractivity contribution in [2.24, 2.45) is 0 Å². The van der Waals surface area contributed by atoms with Crippen LogP contribution in [0.3, 0.4) is 0 Å².